The molecule has 0 aliphatic carbocycles. The molecule has 0 aliphatic heterocycles. The third-order valence-electron chi connectivity index (χ3n) is 2.76. The van der Waals surface area contributed by atoms with E-state index in [0.717, 1.165) is 29.7 Å². The lowest BCUT2D eigenvalue weighted by Crippen LogP contribution is -2.18. The molecule has 20 heavy (non-hydrogen) atoms. The average molecular weight is 280 g/mol. The van der Waals surface area contributed by atoms with Gasteiger partial charge >= 0.3 is 0 Å². The van der Waals surface area contributed by atoms with Crippen molar-refractivity contribution in [1.82, 2.24) is 9.97 Å². The summed E-state index contributed by atoms with van der Waals surface area (Å²) in [6.07, 6.45) is 2.79. The zero-order valence-corrected chi connectivity index (χ0v) is 14.5. The molecule has 0 radical (unpaired) electrons. The third kappa shape index (κ3) is 7.31. The van der Waals surface area contributed by atoms with Gasteiger partial charge in [0.05, 0.1) is 11.4 Å². The molecule has 0 bridgehead atoms. The minimum Gasteiger partial charge on any atom is -0.380 e. The third-order valence-corrected chi connectivity index (χ3v) is 2.76. The van der Waals surface area contributed by atoms with Crippen LogP contribution in [-0.4, -0.2) is 30.6 Å². The van der Waals surface area contributed by atoms with E-state index in [0.29, 0.717) is 5.92 Å². The quantitative estimate of drug-likeness (QED) is 0.886. The molecular weight excluding hydrogens is 248 g/mol. The van der Waals surface area contributed by atoms with Gasteiger partial charge in [-0.15, -0.1) is 0 Å². The molecule has 116 valence electrons. The van der Waals surface area contributed by atoms with Gasteiger partial charge in [0.1, 0.15) is 6.33 Å². The van der Waals surface area contributed by atoms with Crippen LogP contribution < -0.4 is 10.2 Å². The van der Waals surface area contributed by atoms with E-state index in [1.165, 1.54) is 6.42 Å². The number of hydrogen-bond donors (Lipinski definition) is 1. The molecule has 1 unspecified atom stereocenters. The van der Waals surface area contributed by atoms with Crippen LogP contribution in [0.5, 0.6) is 0 Å². The Kier molecular flexibility index (Phi) is 8.93. The minimum absolute atomic E-state index is 0.662. The van der Waals surface area contributed by atoms with Gasteiger partial charge in [0.25, 0.3) is 0 Å². The lowest BCUT2D eigenvalue weighted by Gasteiger charge is -2.19. The Morgan fingerprint density at radius 3 is 2.15 bits per heavy atom. The van der Waals surface area contributed by atoms with E-state index in [1.807, 2.05) is 25.9 Å². The van der Waals surface area contributed by atoms with Crippen molar-refractivity contribution in [2.45, 2.75) is 48.0 Å². The number of nitrogens with one attached hydrogen (secondary N) is 1. The smallest absolute Gasteiger partial charge is 0.155 e. The number of aromatic nitrogens is 2. The molecule has 1 atom stereocenters. The zero-order chi connectivity index (χ0) is 15.7. The summed E-state index contributed by atoms with van der Waals surface area (Å²) in [4.78, 5) is 10.5. The van der Waals surface area contributed by atoms with Gasteiger partial charge in [-0.3, -0.25) is 0 Å². The second-order valence-corrected chi connectivity index (χ2v) is 6.18. The average Bonchev–Trinajstić information content (AvgIpc) is 2.35. The summed E-state index contributed by atoms with van der Waals surface area (Å²) in [7, 11) is 3.99. The maximum absolute atomic E-state index is 4.30. The second-order valence-electron chi connectivity index (χ2n) is 6.18. The molecule has 0 aliphatic rings. The Labute approximate surface area is 125 Å². The first-order valence-corrected chi connectivity index (χ1v) is 7.52. The van der Waals surface area contributed by atoms with Crippen LogP contribution in [0.2, 0.25) is 0 Å². The van der Waals surface area contributed by atoms with Crippen LogP contribution in [0.25, 0.3) is 0 Å². The van der Waals surface area contributed by atoms with E-state index in [4.69, 9.17) is 0 Å². The van der Waals surface area contributed by atoms with Crippen LogP contribution in [0.3, 0.4) is 0 Å². The van der Waals surface area contributed by atoms with Crippen LogP contribution in [0.15, 0.2) is 6.33 Å². The number of nitrogens with zero attached hydrogens (tertiary/aromatic N) is 3. The molecule has 1 rings (SSSR count). The summed E-state index contributed by atoms with van der Waals surface area (Å²) in [5.74, 6) is 2.45. The summed E-state index contributed by atoms with van der Waals surface area (Å²) < 4.78 is 0. The topological polar surface area (TPSA) is 41.1 Å². The fraction of sp³-hybridized carbons (Fsp3) is 0.750. The molecule has 1 heterocycles. The molecule has 0 amide bonds. The highest BCUT2D eigenvalue weighted by molar-refractivity contribution is 5.67. The Morgan fingerprint density at radius 1 is 1.15 bits per heavy atom. The second kappa shape index (κ2) is 9.56. The maximum atomic E-state index is 4.30. The van der Waals surface area contributed by atoms with E-state index < -0.39 is 0 Å². The first-order chi connectivity index (χ1) is 9.29. The molecule has 0 saturated carbocycles. The van der Waals surface area contributed by atoms with Crippen molar-refractivity contribution in [3.8, 4) is 0 Å². The molecular formula is C16H32N4. The SMILES string of the molecule is CC(C)C.CCC(C)CNc1c(C)ncnc1N(C)C. The predicted octanol–water partition coefficient (Wildman–Crippen LogP) is 3.97. The van der Waals surface area contributed by atoms with Crippen molar-refractivity contribution in [2.24, 2.45) is 11.8 Å². The summed E-state index contributed by atoms with van der Waals surface area (Å²) in [6.45, 7) is 13.9. The van der Waals surface area contributed by atoms with Crippen molar-refractivity contribution in [3.05, 3.63) is 12.0 Å². The minimum atomic E-state index is 0.662. The van der Waals surface area contributed by atoms with Gasteiger partial charge in [0, 0.05) is 20.6 Å². The zero-order valence-electron chi connectivity index (χ0n) is 14.5. The summed E-state index contributed by atoms with van der Waals surface area (Å²) in [5.41, 5.74) is 2.05. The number of aryl methyl sites for hydroxylation is 1. The molecule has 0 fully saturated rings. The maximum Gasteiger partial charge on any atom is 0.155 e. The highest BCUT2D eigenvalue weighted by Gasteiger charge is 2.10. The van der Waals surface area contributed by atoms with Crippen LogP contribution in [0, 0.1) is 18.8 Å². The van der Waals surface area contributed by atoms with Gasteiger partial charge < -0.3 is 10.2 Å². The van der Waals surface area contributed by atoms with Crippen molar-refractivity contribution in [1.29, 1.82) is 0 Å². The molecule has 4 heteroatoms. The first-order valence-electron chi connectivity index (χ1n) is 7.52. The molecule has 0 spiro atoms. The standard InChI is InChI=1S/C12H22N4.C4H10/c1-6-9(2)7-13-11-10(3)14-8-15-12(11)16(4)5;1-4(2)3/h8-9,13H,6-7H2,1-5H3;4H,1-3H3. The number of rotatable bonds is 5. The van der Waals surface area contributed by atoms with Crippen LogP contribution in [0.4, 0.5) is 11.5 Å². The Balaban J connectivity index is 0.000000796. The normalized spacial score (nSPS) is 11.7. The highest BCUT2D eigenvalue weighted by Crippen LogP contribution is 2.23. The van der Waals surface area contributed by atoms with E-state index in [1.54, 1.807) is 6.33 Å². The molecule has 0 saturated heterocycles. The van der Waals surface area contributed by atoms with Gasteiger partial charge in [-0.1, -0.05) is 41.0 Å². The molecule has 1 N–H and O–H groups in total. The Morgan fingerprint density at radius 2 is 1.70 bits per heavy atom. The molecule has 1 aromatic heterocycles. The monoisotopic (exact) mass is 280 g/mol. The number of hydrogen-bond acceptors (Lipinski definition) is 4. The van der Waals surface area contributed by atoms with Gasteiger partial charge in [-0.05, 0) is 18.8 Å². The van der Waals surface area contributed by atoms with E-state index in [-0.39, 0.29) is 0 Å². The van der Waals surface area contributed by atoms with Crippen LogP contribution in [-0.2, 0) is 0 Å². The van der Waals surface area contributed by atoms with Crippen molar-refractivity contribution >= 4 is 11.5 Å². The van der Waals surface area contributed by atoms with E-state index >= 15 is 0 Å². The number of anilines is 2. The Bertz CT molecular complexity index is 372. The molecule has 0 aromatic carbocycles. The summed E-state index contributed by atoms with van der Waals surface area (Å²) in [6, 6.07) is 0. The van der Waals surface area contributed by atoms with Gasteiger partial charge in [0.15, 0.2) is 5.82 Å². The van der Waals surface area contributed by atoms with Crippen LogP contribution in [0.1, 0.15) is 46.7 Å². The molecule has 1 aromatic rings. The highest BCUT2D eigenvalue weighted by atomic mass is 15.2. The van der Waals surface area contributed by atoms with Crippen molar-refractivity contribution in [3.63, 3.8) is 0 Å². The van der Waals surface area contributed by atoms with E-state index in [9.17, 15) is 0 Å². The van der Waals surface area contributed by atoms with Crippen molar-refractivity contribution < 1.29 is 0 Å². The fourth-order valence-corrected chi connectivity index (χ4v) is 1.43. The lowest BCUT2D eigenvalue weighted by atomic mass is 10.1. The van der Waals surface area contributed by atoms with Crippen LogP contribution >= 0.6 is 0 Å². The fourth-order valence-electron chi connectivity index (χ4n) is 1.43. The van der Waals surface area contributed by atoms with Gasteiger partial charge in [0.2, 0.25) is 0 Å². The Hall–Kier alpha value is -1.32. The molecule has 4 nitrogen and oxygen atoms in total. The van der Waals surface area contributed by atoms with Crippen molar-refractivity contribution in [2.75, 3.05) is 30.9 Å². The predicted molar refractivity (Wildman–Crippen MR) is 89.6 cm³/mol. The lowest BCUT2D eigenvalue weighted by molar-refractivity contribution is 0.593. The van der Waals surface area contributed by atoms with E-state index in [2.05, 4.69) is 49.9 Å². The largest absolute Gasteiger partial charge is 0.380 e. The first kappa shape index (κ1) is 18.7. The van der Waals surface area contributed by atoms with Gasteiger partial charge in [-0.2, -0.15) is 0 Å². The summed E-state index contributed by atoms with van der Waals surface area (Å²) in [5, 5.41) is 3.45. The summed E-state index contributed by atoms with van der Waals surface area (Å²) >= 11 is 0. The van der Waals surface area contributed by atoms with Gasteiger partial charge in [-0.25, -0.2) is 9.97 Å².